The number of nitrogens with zero attached hydrogens (tertiary/aromatic N) is 1. The molecule has 0 aromatic heterocycles. The lowest BCUT2D eigenvalue weighted by Gasteiger charge is -2.27. The molecule has 27 heavy (non-hydrogen) atoms. The Morgan fingerprint density at radius 3 is 2.44 bits per heavy atom. The van der Waals surface area contributed by atoms with Gasteiger partial charge in [0.25, 0.3) is 5.91 Å². The second-order valence-electron chi connectivity index (χ2n) is 6.19. The summed E-state index contributed by atoms with van der Waals surface area (Å²) in [6.07, 6.45) is -3.84. The predicted octanol–water partition coefficient (Wildman–Crippen LogP) is 2.92. The van der Waals surface area contributed by atoms with Crippen LogP contribution < -0.4 is 10.2 Å². The Balaban J connectivity index is 2.33. The van der Waals surface area contributed by atoms with Gasteiger partial charge in [0.15, 0.2) is 0 Å². The summed E-state index contributed by atoms with van der Waals surface area (Å²) in [6, 6.07) is 3.32. The summed E-state index contributed by atoms with van der Waals surface area (Å²) < 4.78 is 55.0. The van der Waals surface area contributed by atoms with E-state index in [9.17, 15) is 18.0 Å². The fourth-order valence-electron chi connectivity index (χ4n) is 2.84. The van der Waals surface area contributed by atoms with E-state index in [-0.39, 0.29) is 5.69 Å². The van der Waals surface area contributed by atoms with Crippen LogP contribution in [-0.2, 0) is 25.2 Å². The third-order valence-corrected chi connectivity index (χ3v) is 4.28. The van der Waals surface area contributed by atoms with Crippen molar-refractivity contribution >= 4 is 17.3 Å². The van der Waals surface area contributed by atoms with E-state index in [1.165, 1.54) is 6.07 Å². The van der Waals surface area contributed by atoms with Gasteiger partial charge in [-0.2, -0.15) is 13.2 Å². The van der Waals surface area contributed by atoms with Crippen LogP contribution in [0.2, 0.25) is 0 Å². The molecule has 1 amide bonds. The average molecular weight is 390 g/mol. The standard InChI is InChI=1S/C18H25F3N2O4/c1-25-10-7-23(8-11-26-2)15-6-5-13(18(19,20)21)12-14(15)22-17(24)16-4-3-9-27-16/h5-6,12,16H,3-4,7-11H2,1-2H3,(H,22,24). The highest BCUT2D eigenvalue weighted by Crippen LogP contribution is 2.35. The fraction of sp³-hybridized carbons (Fsp3) is 0.611. The number of amides is 1. The van der Waals surface area contributed by atoms with Crippen molar-refractivity contribution in [2.75, 3.05) is 57.3 Å². The van der Waals surface area contributed by atoms with Gasteiger partial charge >= 0.3 is 6.18 Å². The van der Waals surface area contributed by atoms with Crippen LogP contribution in [0.3, 0.4) is 0 Å². The number of ether oxygens (including phenoxy) is 3. The van der Waals surface area contributed by atoms with Gasteiger partial charge in [-0.05, 0) is 31.0 Å². The lowest BCUT2D eigenvalue weighted by atomic mass is 10.1. The highest BCUT2D eigenvalue weighted by Gasteiger charge is 2.32. The van der Waals surface area contributed by atoms with Gasteiger partial charge < -0.3 is 24.4 Å². The summed E-state index contributed by atoms with van der Waals surface area (Å²) in [5.74, 6) is -0.438. The Morgan fingerprint density at radius 1 is 1.26 bits per heavy atom. The number of anilines is 2. The van der Waals surface area contributed by atoms with Gasteiger partial charge in [-0.25, -0.2) is 0 Å². The Morgan fingerprint density at radius 2 is 1.93 bits per heavy atom. The summed E-state index contributed by atoms with van der Waals surface area (Å²) in [5.41, 5.74) is -0.256. The van der Waals surface area contributed by atoms with Crippen LogP contribution in [0.25, 0.3) is 0 Å². The van der Waals surface area contributed by atoms with E-state index in [4.69, 9.17) is 14.2 Å². The molecule has 0 radical (unpaired) electrons. The van der Waals surface area contributed by atoms with Crippen LogP contribution >= 0.6 is 0 Å². The number of methoxy groups -OCH3 is 2. The lowest BCUT2D eigenvalue weighted by molar-refractivity contribution is -0.137. The van der Waals surface area contributed by atoms with Gasteiger partial charge in [-0.3, -0.25) is 4.79 Å². The van der Waals surface area contributed by atoms with Gasteiger partial charge in [0.05, 0.1) is 30.2 Å². The van der Waals surface area contributed by atoms with Gasteiger partial charge in [-0.1, -0.05) is 0 Å². The minimum absolute atomic E-state index is 0.0949. The third-order valence-electron chi connectivity index (χ3n) is 4.28. The number of rotatable bonds is 9. The largest absolute Gasteiger partial charge is 0.416 e. The monoisotopic (exact) mass is 390 g/mol. The minimum Gasteiger partial charge on any atom is -0.383 e. The highest BCUT2D eigenvalue weighted by molar-refractivity contribution is 5.97. The zero-order valence-electron chi connectivity index (χ0n) is 15.5. The zero-order valence-corrected chi connectivity index (χ0v) is 15.5. The van der Waals surface area contributed by atoms with Gasteiger partial charge in [0.2, 0.25) is 0 Å². The summed E-state index contributed by atoms with van der Waals surface area (Å²) >= 11 is 0. The van der Waals surface area contributed by atoms with Crippen LogP contribution in [0.4, 0.5) is 24.5 Å². The molecule has 2 rings (SSSR count). The van der Waals surface area contributed by atoms with E-state index < -0.39 is 23.8 Å². The SMILES string of the molecule is COCCN(CCOC)c1ccc(C(F)(F)F)cc1NC(=O)C1CCCO1. The molecule has 152 valence electrons. The third kappa shape index (κ3) is 6.08. The first-order valence-corrected chi connectivity index (χ1v) is 8.73. The molecular weight excluding hydrogens is 365 g/mol. The summed E-state index contributed by atoms with van der Waals surface area (Å²) in [6.45, 7) is 2.11. The molecule has 0 bridgehead atoms. The number of carbonyl (C=O) groups excluding carboxylic acids is 1. The van der Waals surface area contributed by atoms with Crippen LogP contribution in [0, 0.1) is 0 Å². The van der Waals surface area contributed by atoms with E-state index in [2.05, 4.69) is 5.32 Å². The molecule has 1 aliphatic rings. The number of hydrogen-bond donors (Lipinski definition) is 1. The number of halogens is 3. The first kappa shape index (κ1) is 21.5. The zero-order chi connectivity index (χ0) is 19.9. The molecular formula is C18H25F3N2O4. The maximum absolute atomic E-state index is 13.2. The van der Waals surface area contributed by atoms with Crippen molar-refractivity contribution < 1.29 is 32.2 Å². The van der Waals surface area contributed by atoms with E-state index in [0.29, 0.717) is 45.0 Å². The molecule has 0 saturated carbocycles. The summed E-state index contributed by atoms with van der Waals surface area (Å²) in [4.78, 5) is 14.2. The average Bonchev–Trinajstić information content (AvgIpc) is 3.16. The molecule has 1 unspecified atom stereocenters. The first-order valence-electron chi connectivity index (χ1n) is 8.73. The number of carbonyl (C=O) groups is 1. The Kier molecular flexibility index (Phi) is 7.88. The molecule has 1 N–H and O–H groups in total. The molecule has 1 heterocycles. The van der Waals surface area contributed by atoms with Crippen molar-refractivity contribution in [3.8, 4) is 0 Å². The van der Waals surface area contributed by atoms with Crippen LogP contribution in [0.15, 0.2) is 18.2 Å². The predicted molar refractivity (Wildman–Crippen MR) is 95.0 cm³/mol. The Hall–Kier alpha value is -1.84. The first-order chi connectivity index (χ1) is 12.9. The van der Waals surface area contributed by atoms with Crippen molar-refractivity contribution in [2.45, 2.75) is 25.1 Å². The van der Waals surface area contributed by atoms with Crippen molar-refractivity contribution in [2.24, 2.45) is 0 Å². The molecule has 0 spiro atoms. The van der Waals surface area contributed by atoms with E-state index in [1.807, 2.05) is 4.90 Å². The molecule has 1 aromatic rings. The van der Waals surface area contributed by atoms with Gasteiger partial charge in [0.1, 0.15) is 6.10 Å². The highest BCUT2D eigenvalue weighted by atomic mass is 19.4. The van der Waals surface area contributed by atoms with Crippen LogP contribution in [0.5, 0.6) is 0 Å². The van der Waals surface area contributed by atoms with E-state index in [0.717, 1.165) is 18.6 Å². The Labute approximate surface area is 156 Å². The molecule has 0 aliphatic carbocycles. The normalized spacial score (nSPS) is 17.1. The molecule has 1 saturated heterocycles. The maximum atomic E-state index is 13.2. The number of hydrogen-bond acceptors (Lipinski definition) is 5. The summed E-state index contributed by atoms with van der Waals surface area (Å²) in [7, 11) is 3.09. The van der Waals surface area contributed by atoms with Crippen molar-refractivity contribution in [3.63, 3.8) is 0 Å². The van der Waals surface area contributed by atoms with Crippen molar-refractivity contribution in [1.29, 1.82) is 0 Å². The van der Waals surface area contributed by atoms with Gasteiger partial charge in [0, 0.05) is 33.9 Å². The maximum Gasteiger partial charge on any atom is 0.416 e. The molecule has 1 atom stereocenters. The second kappa shape index (κ2) is 9.91. The molecule has 1 aromatic carbocycles. The molecule has 1 fully saturated rings. The molecule has 6 nitrogen and oxygen atoms in total. The van der Waals surface area contributed by atoms with E-state index >= 15 is 0 Å². The number of alkyl halides is 3. The molecule has 9 heteroatoms. The van der Waals surface area contributed by atoms with Crippen molar-refractivity contribution in [3.05, 3.63) is 23.8 Å². The quantitative estimate of drug-likeness (QED) is 0.703. The summed E-state index contributed by atoms with van der Waals surface area (Å²) in [5, 5.41) is 2.61. The minimum atomic E-state index is -4.51. The topological polar surface area (TPSA) is 60.0 Å². The van der Waals surface area contributed by atoms with E-state index in [1.54, 1.807) is 14.2 Å². The number of benzene rings is 1. The van der Waals surface area contributed by atoms with Crippen molar-refractivity contribution in [1.82, 2.24) is 0 Å². The fourth-order valence-corrected chi connectivity index (χ4v) is 2.84. The molecule has 1 aliphatic heterocycles. The number of nitrogens with one attached hydrogen (secondary N) is 1. The Bertz CT molecular complexity index is 611. The van der Waals surface area contributed by atoms with Crippen LogP contribution in [-0.4, -0.2) is 59.1 Å². The lowest BCUT2D eigenvalue weighted by Crippen LogP contribution is -2.33. The smallest absolute Gasteiger partial charge is 0.383 e. The second-order valence-corrected chi connectivity index (χ2v) is 6.19. The van der Waals surface area contributed by atoms with Crippen LogP contribution in [0.1, 0.15) is 18.4 Å². The van der Waals surface area contributed by atoms with Gasteiger partial charge in [-0.15, -0.1) is 0 Å².